The molecule has 1 aromatic heterocycles. The van der Waals surface area contributed by atoms with Crippen molar-refractivity contribution in [3.8, 4) is 6.07 Å². The lowest BCUT2D eigenvalue weighted by atomic mass is 10.2. The van der Waals surface area contributed by atoms with Crippen LogP contribution in [0.5, 0.6) is 0 Å². The molecule has 6 heteroatoms. The van der Waals surface area contributed by atoms with Crippen molar-refractivity contribution in [1.29, 1.82) is 5.26 Å². The third-order valence-corrected chi connectivity index (χ3v) is 3.59. The van der Waals surface area contributed by atoms with E-state index in [2.05, 4.69) is 10.2 Å². The van der Waals surface area contributed by atoms with Crippen molar-refractivity contribution < 1.29 is 0 Å². The van der Waals surface area contributed by atoms with Crippen LogP contribution in [0.2, 0.25) is 5.02 Å². The van der Waals surface area contributed by atoms with Gasteiger partial charge in [0, 0.05) is 10.8 Å². The number of nitrogens with zero attached hydrogens (tertiary/aromatic N) is 2. The maximum atomic E-state index is 8.91. The lowest BCUT2D eigenvalue weighted by Crippen LogP contribution is -1.87. The molecule has 0 amide bonds. The van der Waals surface area contributed by atoms with Gasteiger partial charge in [0.05, 0.1) is 0 Å². The summed E-state index contributed by atoms with van der Waals surface area (Å²) in [5, 5.41) is 16.8. The minimum atomic E-state index is 0.300. The number of anilines is 1. The molecule has 0 atom stereocenters. The summed E-state index contributed by atoms with van der Waals surface area (Å²) >= 11 is 7.47. The first-order valence-corrected chi connectivity index (χ1v) is 6.19. The highest BCUT2D eigenvalue weighted by Crippen LogP contribution is 2.29. The van der Waals surface area contributed by atoms with Crippen molar-refractivity contribution in [2.45, 2.75) is 10.8 Å². The molecule has 86 valence electrons. The Labute approximate surface area is 108 Å². The van der Waals surface area contributed by atoms with Crippen molar-refractivity contribution in [2.24, 2.45) is 0 Å². The summed E-state index contributed by atoms with van der Waals surface area (Å²) in [6.45, 7) is 0. The Morgan fingerprint density at radius 2 is 2.24 bits per heavy atom. The van der Waals surface area contributed by atoms with Gasteiger partial charge in [0.25, 0.3) is 0 Å². The maximum absolute atomic E-state index is 8.91. The van der Waals surface area contributed by atoms with E-state index in [9.17, 15) is 0 Å². The average molecular weight is 265 g/mol. The first-order chi connectivity index (χ1) is 8.22. The molecule has 2 rings (SSSR count). The van der Waals surface area contributed by atoms with Gasteiger partial charge in [0.15, 0.2) is 0 Å². The third kappa shape index (κ3) is 2.54. The maximum Gasteiger partial charge on any atom is 0.138 e. The number of thioether (sulfide) groups is 1. The van der Waals surface area contributed by atoms with Crippen LogP contribution in [0.25, 0.3) is 0 Å². The van der Waals surface area contributed by atoms with Crippen LogP contribution in [0.3, 0.4) is 0 Å². The number of H-pyrrole nitrogens is 1. The Bertz CT molecular complexity index is 573. The van der Waals surface area contributed by atoms with E-state index in [-0.39, 0.29) is 0 Å². The largest absolute Gasteiger partial charge is 0.383 e. The number of nitrogens with two attached hydrogens (primary N) is 1. The Morgan fingerprint density at radius 3 is 2.94 bits per heavy atom. The molecule has 4 nitrogen and oxygen atoms in total. The van der Waals surface area contributed by atoms with E-state index in [0.717, 1.165) is 5.56 Å². The number of rotatable bonds is 3. The molecule has 2 aromatic rings. The van der Waals surface area contributed by atoms with E-state index in [1.165, 1.54) is 11.8 Å². The Morgan fingerprint density at radius 1 is 1.47 bits per heavy atom. The van der Waals surface area contributed by atoms with Crippen LogP contribution in [-0.2, 0) is 5.75 Å². The molecular weight excluding hydrogens is 256 g/mol. The monoisotopic (exact) mass is 264 g/mol. The van der Waals surface area contributed by atoms with Gasteiger partial charge in [-0.15, -0.1) is 0 Å². The SMILES string of the molecule is N#Cc1c(SCc2ccccc2Cl)n[nH]c1N. The number of nitrogens with one attached hydrogen (secondary N) is 1. The Kier molecular flexibility index (Phi) is 3.57. The molecule has 0 saturated carbocycles. The molecule has 3 N–H and O–H groups in total. The van der Waals surface area contributed by atoms with E-state index in [4.69, 9.17) is 22.6 Å². The number of halogens is 1. The standard InChI is InChI=1S/C11H9ClN4S/c12-9-4-2-1-3-7(9)6-17-11-8(5-13)10(14)15-16-11/h1-4H,6H2,(H3,14,15,16). The fourth-order valence-electron chi connectivity index (χ4n) is 1.31. The van der Waals surface area contributed by atoms with Gasteiger partial charge >= 0.3 is 0 Å². The smallest absolute Gasteiger partial charge is 0.138 e. The molecule has 0 saturated heterocycles. The summed E-state index contributed by atoms with van der Waals surface area (Å²) in [4.78, 5) is 0. The zero-order valence-electron chi connectivity index (χ0n) is 8.77. The quantitative estimate of drug-likeness (QED) is 0.836. The molecule has 0 aliphatic heterocycles. The second-order valence-corrected chi connectivity index (χ2v) is 4.68. The summed E-state index contributed by atoms with van der Waals surface area (Å²) in [6.07, 6.45) is 0. The summed E-state index contributed by atoms with van der Waals surface area (Å²) in [5.41, 5.74) is 6.97. The predicted octanol–water partition coefficient (Wildman–Crippen LogP) is 2.81. The number of aromatic amines is 1. The van der Waals surface area contributed by atoms with E-state index >= 15 is 0 Å². The second-order valence-electron chi connectivity index (χ2n) is 3.31. The van der Waals surface area contributed by atoms with Gasteiger partial charge in [-0.3, -0.25) is 5.10 Å². The second kappa shape index (κ2) is 5.13. The number of hydrogen-bond donors (Lipinski definition) is 2. The predicted molar refractivity (Wildman–Crippen MR) is 68.7 cm³/mol. The van der Waals surface area contributed by atoms with Crippen LogP contribution in [0.15, 0.2) is 29.3 Å². The van der Waals surface area contributed by atoms with Crippen LogP contribution < -0.4 is 5.73 Å². The van der Waals surface area contributed by atoms with E-state index in [1.54, 1.807) is 0 Å². The number of hydrogen-bond acceptors (Lipinski definition) is 4. The van der Waals surface area contributed by atoms with Crippen molar-refractivity contribution in [2.75, 3.05) is 5.73 Å². The van der Waals surface area contributed by atoms with Gasteiger partial charge < -0.3 is 5.73 Å². The lowest BCUT2D eigenvalue weighted by Gasteiger charge is -2.01. The van der Waals surface area contributed by atoms with Crippen molar-refractivity contribution in [3.63, 3.8) is 0 Å². The molecule has 0 aliphatic carbocycles. The van der Waals surface area contributed by atoms with E-state index < -0.39 is 0 Å². The highest BCUT2D eigenvalue weighted by Gasteiger charge is 2.11. The summed E-state index contributed by atoms with van der Waals surface area (Å²) in [7, 11) is 0. The van der Waals surface area contributed by atoms with Crippen LogP contribution in [-0.4, -0.2) is 10.2 Å². The molecule has 0 bridgehead atoms. The van der Waals surface area contributed by atoms with E-state index in [0.29, 0.717) is 27.2 Å². The van der Waals surface area contributed by atoms with Gasteiger partial charge in [-0.1, -0.05) is 41.6 Å². The summed E-state index contributed by atoms with van der Waals surface area (Å²) < 4.78 is 0. The van der Waals surface area contributed by atoms with Gasteiger partial charge in [0.1, 0.15) is 22.5 Å². The fourth-order valence-corrected chi connectivity index (χ4v) is 2.55. The molecule has 0 spiro atoms. The minimum absolute atomic E-state index is 0.300. The number of benzene rings is 1. The number of nitrogen functional groups attached to an aromatic ring is 1. The molecule has 1 heterocycles. The van der Waals surface area contributed by atoms with E-state index in [1.807, 2.05) is 30.3 Å². The molecule has 1 aromatic carbocycles. The zero-order chi connectivity index (χ0) is 12.3. The van der Waals surface area contributed by atoms with Gasteiger partial charge in [-0.2, -0.15) is 10.4 Å². The summed E-state index contributed by atoms with van der Waals surface area (Å²) in [6, 6.07) is 9.60. The molecule has 0 unspecified atom stereocenters. The highest BCUT2D eigenvalue weighted by molar-refractivity contribution is 7.98. The van der Waals surface area contributed by atoms with Crippen molar-refractivity contribution in [3.05, 3.63) is 40.4 Å². The lowest BCUT2D eigenvalue weighted by molar-refractivity contribution is 1.00. The Balaban J connectivity index is 2.13. The first-order valence-electron chi connectivity index (χ1n) is 4.82. The number of aromatic nitrogens is 2. The van der Waals surface area contributed by atoms with Crippen LogP contribution in [0.4, 0.5) is 5.82 Å². The summed E-state index contributed by atoms with van der Waals surface area (Å²) in [5.74, 6) is 0.952. The van der Waals surface area contributed by atoms with Crippen LogP contribution in [0.1, 0.15) is 11.1 Å². The minimum Gasteiger partial charge on any atom is -0.383 e. The normalized spacial score (nSPS) is 10.1. The van der Waals surface area contributed by atoms with Gasteiger partial charge in [-0.05, 0) is 11.6 Å². The highest BCUT2D eigenvalue weighted by atomic mass is 35.5. The third-order valence-electron chi connectivity index (χ3n) is 2.20. The van der Waals surface area contributed by atoms with Gasteiger partial charge in [0.2, 0.25) is 0 Å². The van der Waals surface area contributed by atoms with Crippen LogP contribution >= 0.6 is 23.4 Å². The molecule has 17 heavy (non-hydrogen) atoms. The van der Waals surface area contributed by atoms with Crippen molar-refractivity contribution >= 4 is 29.2 Å². The molecular formula is C11H9ClN4S. The molecule has 0 radical (unpaired) electrons. The molecule has 0 fully saturated rings. The average Bonchev–Trinajstić information content (AvgIpc) is 2.69. The fraction of sp³-hybridized carbons (Fsp3) is 0.0909. The number of nitriles is 1. The topological polar surface area (TPSA) is 78.5 Å². The van der Waals surface area contributed by atoms with Gasteiger partial charge in [-0.25, -0.2) is 0 Å². The first kappa shape index (κ1) is 11.8. The zero-order valence-corrected chi connectivity index (χ0v) is 10.3. The van der Waals surface area contributed by atoms with Crippen molar-refractivity contribution in [1.82, 2.24) is 10.2 Å². The molecule has 0 aliphatic rings. The van der Waals surface area contributed by atoms with Crippen LogP contribution in [0, 0.1) is 11.3 Å². The Hall–Kier alpha value is -1.64.